The second kappa shape index (κ2) is 28.3. The van der Waals surface area contributed by atoms with E-state index in [0.29, 0.717) is 21.7 Å². The molecule has 0 saturated carbocycles. The fourth-order valence-electron chi connectivity index (χ4n) is 7.47. The molecule has 71 heavy (non-hydrogen) atoms. The van der Waals surface area contributed by atoms with Gasteiger partial charge in [-0.25, -0.2) is 0 Å². The van der Waals surface area contributed by atoms with Gasteiger partial charge in [0.25, 0.3) is 0 Å². The van der Waals surface area contributed by atoms with E-state index in [1.165, 1.54) is 11.4 Å². The maximum atomic E-state index is 5.44. The topological polar surface area (TPSA) is 34.7 Å². The molecule has 0 atom stereocenters. The van der Waals surface area contributed by atoms with Crippen molar-refractivity contribution < 1.29 is 0 Å². The molecule has 8 nitrogen and oxygen atoms in total. The Morgan fingerprint density at radius 2 is 0.577 bits per heavy atom. The van der Waals surface area contributed by atoms with E-state index in [9.17, 15) is 0 Å². The Bertz CT molecular complexity index is 2600. The first-order valence-electron chi connectivity index (χ1n) is 25.4. The fraction of sp³-hybridized carbons (Fsp3) is 0.709. The molecule has 0 aromatic heterocycles. The number of nitrogens with zero attached hydrogens (tertiary/aromatic N) is 7. The maximum Gasteiger partial charge on any atom is 0.0835 e. The highest BCUT2D eigenvalue weighted by Gasteiger charge is 2.25. The van der Waals surface area contributed by atoms with Crippen molar-refractivity contribution in [3.8, 4) is 0 Å². The van der Waals surface area contributed by atoms with Gasteiger partial charge in [0.1, 0.15) is 0 Å². The van der Waals surface area contributed by atoms with Crippen LogP contribution < -0.4 is 39.6 Å². The van der Waals surface area contributed by atoms with Gasteiger partial charge < -0.3 is 39.6 Å². The molecule has 0 spiro atoms. The molecule has 0 amide bonds. The van der Waals surface area contributed by atoms with E-state index in [1.807, 2.05) is 14.1 Å². The Balaban J connectivity index is 0.000000474. The van der Waals surface area contributed by atoms with Gasteiger partial charge in [-0.2, -0.15) is 0 Å². The van der Waals surface area contributed by atoms with E-state index < -0.39 is 0 Å². The minimum Gasteiger partial charge on any atom is -0.382 e. The first-order chi connectivity index (χ1) is 32.3. The molecule has 4 rings (SSSR count). The highest BCUT2D eigenvalue weighted by Crippen LogP contribution is 2.41. The SMILES string of the molecule is CCN(C)c1c(N(C)CCC(C)(C)C)c(=S)c1=S.CCN(CC)c1c(N(C)CCC(C)(C)C)c(=S)c1=S.CCNc1c(N(C)CCC(C)(C)C)c(=S)c1=S.CN(C)c1c(N(C)CCC(C)(C)C)c(=S)c1=S. The van der Waals surface area contributed by atoms with Crippen LogP contribution in [0.25, 0.3) is 0 Å². The van der Waals surface area contributed by atoms with Crippen LogP contribution in [-0.4, -0.2) is 102 Å². The van der Waals surface area contributed by atoms with E-state index in [0.717, 1.165) is 148 Å². The van der Waals surface area contributed by atoms with Gasteiger partial charge in [0.2, 0.25) is 0 Å². The van der Waals surface area contributed by atoms with Crippen LogP contribution >= 0.6 is 97.7 Å². The fourth-order valence-corrected chi connectivity index (χ4v) is 10.2. The van der Waals surface area contributed by atoms with Crippen molar-refractivity contribution in [2.24, 2.45) is 21.7 Å². The third-order valence-corrected chi connectivity index (χ3v) is 16.2. The smallest absolute Gasteiger partial charge is 0.0835 e. The van der Waals surface area contributed by atoms with Crippen molar-refractivity contribution >= 4 is 143 Å². The third kappa shape index (κ3) is 19.6. The standard InChI is InChI=1S/C15H26N2S2.C14H24N2S2.2C13H22N2S2/c1-7-17(8-2)12-11(13(18)14(12)19)16(6)10-9-15(3,4)5;1-7-15(5)10-11(13(18)12(10)17)16(6)9-8-14(2,3)4;1-13(2,3)7-8-15(6)10-9(14(4)5)11(16)12(10)17;1-6-14-9-10(12(17)11(9)16)15(5)8-7-13(2,3)4/h7-10H2,1-6H3;7-9H2,1-6H3;7-8H2,1-6H3;14H,6-8H2,1-5H3. The Kier molecular flexibility index (Phi) is 26.7. The van der Waals surface area contributed by atoms with Crippen LogP contribution in [0.2, 0.25) is 0 Å². The molecular formula is C55H94N8S8. The van der Waals surface area contributed by atoms with Crippen molar-refractivity contribution in [1.82, 2.24) is 0 Å². The lowest BCUT2D eigenvalue weighted by atomic mass is 9.92. The first kappa shape index (κ1) is 67.1. The molecular weight excluding hydrogens is 1030 g/mol. The lowest BCUT2D eigenvalue weighted by Gasteiger charge is -2.33. The zero-order valence-electron chi connectivity index (χ0n) is 48.4. The van der Waals surface area contributed by atoms with Gasteiger partial charge in [0, 0.05) is 102 Å². The van der Waals surface area contributed by atoms with Crippen molar-refractivity contribution in [2.75, 3.05) is 141 Å². The van der Waals surface area contributed by atoms with Gasteiger partial charge in [-0.3, -0.25) is 0 Å². The van der Waals surface area contributed by atoms with Crippen molar-refractivity contribution in [2.45, 2.75) is 136 Å². The van der Waals surface area contributed by atoms with E-state index >= 15 is 0 Å². The summed E-state index contributed by atoms with van der Waals surface area (Å²) in [5.74, 6) is 0. The van der Waals surface area contributed by atoms with Crippen LogP contribution in [0.3, 0.4) is 0 Å². The Morgan fingerprint density at radius 3 is 0.859 bits per heavy atom. The van der Waals surface area contributed by atoms with Crippen LogP contribution in [-0.2, 0) is 0 Å². The summed E-state index contributed by atoms with van der Waals surface area (Å²) in [6, 6.07) is 0. The van der Waals surface area contributed by atoms with Gasteiger partial charge >= 0.3 is 0 Å². The Morgan fingerprint density at radius 1 is 0.324 bits per heavy atom. The summed E-state index contributed by atoms with van der Waals surface area (Å²) in [5.41, 5.74) is 10.5. The zero-order valence-corrected chi connectivity index (χ0v) is 54.9. The second-order valence-electron chi connectivity index (χ2n) is 24.0. The lowest BCUT2D eigenvalue weighted by Crippen LogP contribution is -2.30. The van der Waals surface area contributed by atoms with Crippen molar-refractivity contribution in [3.05, 3.63) is 36.1 Å². The maximum absolute atomic E-state index is 5.44. The average Bonchev–Trinajstić information content (AvgIpc) is 3.27. The van der Waals surface area contributed by atoms with Gasteiger partial charge in [-0.15, -0.1) is 0 Å². The average molecular weight is 1120 g/mol. The number of hydrogen-bond donors (Lipinski definition) is 1. The van der Waals surface area contributed by atoms with Crippen LogP contribution in [0.4, 0.5) is 45.5 Å². The summed E-state index contributed by atoms with van der Waals surface area (Å²) >= 11 is 42.8. The summed E-state index contributed by atoms with van der Waals surface area (Å²) in [4.78, 5) is 15.5. The minimum atomic E-state index is 0.343. The van der Waals surface area contributed by atoms with Gasteiger partial charge in [0.05, 0.1) is 81.6 Å². The summed E-state index contributed by atoms with van der Waals surface area (Å²) in [6.07, 6.45) is 4.57. The Hall–Kier alpha value is -1.92. The molecule has 0 bridgehead atoms. The third-order valence-electron chi connectivity index (χ3n) is 12.5. The summed E-state index contributed by atoms with van der Waals surface area (Å²) in [7, 11) is 14.5. The number of rotatable bonds is 20. The minimum absolute atomic E-state index is 0.343. The zero-order chi connectivity index (χ0) is 55.5. The van der Waals surface area contributed by atoms with E-state index in [1.54, 1.807) is 0 Å². The van der Waals surface area contributed by atoms with E-state index in [-0.39, 0.29) is 0 Å². The number of hydrogen-bond acceptors (Lipinski definition) is 16. The molecule has 0 heterocycles. The van der Waals surface area contributed by atoms with Crippen LogP contribution in [0.5, 0.6) is 0 Å². The molecule has 4 aromatic carbocycles. The van der Waals surface area contributed by atoms with Crippen molar-refractivity contribution in [1.29, 1.82) is 0 Å². The molecule has 0 saturated heterocycles. The van der Waals surface area contributed by atoms with Crippen LogP contribution in [0.1, 0.15) is 136 Å². The first-order valence-corrected chi connectivity index (χ1v) is 28.7. The molecule has 4 aromatic rings. The molecule has 1 N–H and O–H groups in total. The molecule has 0 aliphatic rings. The summed E-state index contributed by atoms with van der Waals surface area (Å²) < 4.78 is 6.79. The molecule has 0 fully saturated rings. The Labute approximate surface area is 475 Å². The molecule has 0 aliphatic heterocycles. The largest absolute Gasteiger partial charge is 0.382 e. The second-order valence-corrected chi connectivity index (χ2v) is 27.3. The van der Waals surface area contributed by atoms with E-state index in [4.69, 9.17) is 97.7 Å². The highest BCUT2D eigenvalue weighted by atomic mass is 32.1. The summed E-state index contributed by atoms with van der Waals surface area (Å²) in [5, 5.41) is 3.30. The number of nitrogens with one attached hydrogen (secondary N) is 1. The molecule has 0 unspecified atom stereocenters. The molecule has 0 aliphatic carbocycles. The monoisotopic (exact) mass is 1120 g/mol. The predicted molar refractivity (Wildman–Crippen MR) is 342 cm³/mol. The summed E-state index contributed by atoms with van der Waals surface area (Å²) in [6.45, 7) is 43.5. The molecule has 16 heteroatoms. The van der Waals surface area contributed by atoms with Gasteiger partial charge in [0.15, 0.2) is 0 Å². The molecule has 0 radical (unpaired) electrons. The normalized spacial score (nSPS) is 11.9. The van der Waals surface area contributed by atoms with Crippen molar-refractivity contribution in [3.63, 3.8) is 0 Å². The highest BCUT2D eigenvalue weighted by molar-refractivity contribution is 7.75. The quantitative estimate of drug-likeness (QED) is 0.0853. The van der Waals surface area contributed by atoms with Crippen LogP contribution in [0.15, 0.2) is 0 Å². The molecule has 402 valence electrons. The van der Waals surface area contributed by atoms with Gasteiger partial charge in [-0.05, 0) is 75.0 Å². The number of anilines is 8. The lowest BCUT2D eigenvalue weighted by molar-refractivity contribution is 0.381. The van der Waals surface area contributed by atoms with E-state index in [2.05, 4.69) is 186 Å². The van der Waals surface area contributed by atoms with Crippen LogP contribution in [0, 0.1) is 57.7 Å². The predicted octanol–water partition coefficient (Wildman–Crippen LogP) is 17.4. The van der Waals surface area contributed by atoms with Gasteiger partial charge in [-0.1, -0.05) is 181 Å².